The summed E-state index contributed by atoms with van der Waals surface area (Å²) in [5, 5.41) is 24.2. The van der Waals surface area contributed by atoms with E-state index >= 15 is 0 Å². The van der Waals surface area contributed by atoms with E-state index in [2.05, 4.69) is 27.1 Å². The van der Waals surface area contributed by atoms with Crippen LogP contribution in [0, 0.1) is 5.92 Å². The van der Waals surface area contributed by atoms with Crippen molar-refractivity contribution in [2.45, 2.75) is 62.6 Å². The maximum absolute atomic E-state index is 14.7. The van der Waals surface area contributed by atoms with Gasteiger partial charge in [0.05, 0.1) is 17.1 Å². The first kappa shape index (κ1) is 32.6. The summed E-state index contributed by atoms with van der Waals surface area (Å²) in [5.41, 5.74) is 0.108. The van der Waals surface area contributed by atoms with Crippen LogP contribution in [-0.4, -0.2) is 104 Å². The van der Waals surface area contributed by atoms with Crippen molar-refractivity contribution in [3.8, 4) is 0 Å². The number of allylic oxidation sites excluding steroid dienone is 1. The number of aromatic nitrogens is 2. The molecule has 5 heterocycles. The number of carboxylic acid groups (broad SMARTS) is 2. The number of rotatable bonds is 9. The van der Waals surface area contributed by atoms with Crippen molar-refractivity contribution in [1.82, 2.24) is 29.6 Å². The summed E-state index contributed by atoms with van der Waals surface area (Å²) >= 11 is 13.4. The Hall–Kier alpha value is -3.38. The van der Waals surface area contributed by atoms with E-state index in [4.69, 9.17) is 23.2 Å². The lowest BCUT2D eigenvalue weighted by Gasteiger charge is -2.45. The normalized spacial score (nSPS) is 26.1. The number of fused-ring (bicyclic) bond motifs is 2. The van der Waals surface area contributed by atoms with Crippen LogP contribution in [0.1, 0.15) is 49.4 Å². The zero-order valence-corrected chi connectivity index (χ0v) is 27.5. The van der Waals surface area contributed by atoms with Crippen LogP contribution in [-0.2, 0) is 27.9 Å². The number of piperazine rings is 1. The molecule has 11 nitrogen and oxygen atoms in total. The van der Waals surface area contributed by atoms with Crippen LogP contribution in [0.25, 0.3) is 0 Å². The number of piperidine rings is 1. The van der Waals surface area contributed by atoms with E-state index in [0.29, 0.717) is 56.4 Å². The molecule has 1 aromatic carbocycles. The molecule has 3 saturated heterocycles. The van der Waals surface area contributed by atoms with Crippen molar-refractivity contribution in [1.29, 1.82) is 0 Å². The van der Waals surface area contributed by atoms with Gasteiger partial charge in [0.15, 0.2) is 0 Å². The molecular formula is C33H40Cl2N6O5. The molecule has 0 spiro atoms. The third kappa shape index (κ3) is 6.17. The fourth-order valence-electron chi connectivity index (χ4n) is 7.99. The molecule has 13 heteroatoms. The van der Waals surface area contributed by atoms with Gasteiger partial charge in [-0.1, -0.05) is 29.3 Å². The first-order valence-electron chi connectivity index (χ1n) is 15.9. The Bertz CT molecular complexity index is 1550. The molecule has 46 heavy (non-hydrogen) atoms. The standard InChI is InChI=1S/C33H40Cl2N6O5/c1-38-11-10-36-26(38)9-8-25-29(33(45)46)27(22(18-37-25)32(43)44)30(28-23(34)4-3-5-24(28)35)31(42)41-14-12-40(13-15-41)21-16-19-6-7-20(17-21)39(19)2/h3-5,10-11,18-21,27,30,37H,6-9,12-17H2,1-2H3,(H,43,44)(H,45,46). The number of amides is 1. The maximum Gasteiger partial charge on any atom is 0.334 e. The summed E-state index contributed by atoms with van der Waals surface area (Å²) in [6.45, 7) is 2.25. The summed E-state index contributed by atoms with van der Waals surface area (Å²) in [6.07, 6.45) is 10.1. The average Bonchev–Trinajstić information content (AvgIpc) is 3.51. The van der Waals surface area contributed by atoms with Gasteiger partial charge in [0, 0.05) is 104 Å². The van der Waals surface area contributed by atoms with Gasteiger partial charge >= 0.3 is 11.9 Å². The first-order chi connectivity index (χ1) is 22.0. The fourth-order valence-corrected chi connectivity index (χ4v) is 8.62. The third-order valence-electron chi connectivity index (χ3n) is 10.5. The molecule has 4 unspecified atom stereocenters. The zero-order chi connectivity index (χ0) is 32.7. The van der Waals surface area contributed by atoms with Crippen LogP contribution >= 0.6 is 23.2 Å². The number of benzene rings is 1. The summed E-state index contributed by atoms with van der Waals surface area (Å²) < 4.78 is 1.84. The van der Waals surface area contributed by atoms with Gasteiger partial charge in [-0.15, -0.1) is 0 Å². The molecule has 1 aromatic heterocycles. The monoisotopic (exact) mass is 670 g/mol. The lowest BCUT2D eigenvalue weighted by atomic mass is 9.73. The van der Waals surface area contributed by atoms with Gasteiger partial charge in [-0.25, -0.2) is 14.6 Å². The van der Waals surface area contributed by atoms with Crippen molar-refractivity contribution in [2.75, 3.05) is 33.2 Å². The van der Waals surface area contributed by atoms with Gasteiger partial charge in [0.2, 0.25) is 5.91 Å². The number of halogens is 2. The molecule has 4 aliphatic heterocycles. The van der Waals surface area contributed by atoms with Gasteiger partial charge in [-0.3, -0.25) is 9.69 Å². The Balaban J connectivity index is 1.33. The van der Waals surface area contributed by atoms with Gasteiger partial charge in [-0.2, -0.15) is 0 Å². The van der Waals surface area contributed by atoms with Crippen LogP contribution in [0.4, 0.5) is 0 Å². The number of carbonyl (C=O) groups excluding carboxylic acids is 1. The Kier molecular flexibility index (Phi) is 9.48. The van der Waals surface area contributed by atoms with E-state index in [1.54, 1.807) is 35.5 Å². The first-order valence-corrected chi connectivity index (χ1v) is 16.6. The lowest BCUT2D eigenvalue weighted by Crippen LogP contribution is -2.56. The number of carbonyl (C=O) groups is 3. The zero-order valence-electron chi connectivity index (χ0n) is 26.0. The number of aliphatic carboxylic acids is 2. The molecule has 0 radical (unpaired) electrons. The fraction of sp³-hybridized carbons (Fsp3) is 0.515. The van der Waals surface area contributed by atoms with Gasteiger partial charge in [0.25, 0.3) is 0 Å². The van der Waals surface area contributed by atoms with Gasteiger partial charge < -0.3 is 29.9 Å². The van der Waals surface area contributed by atoms with Gasteiger partial charge in [-0.05, 0) is 51.3 Å². The number of hydrogen-bond acceptors (Lipinski definition) is 7. The quantitative estimate of drug-likeness (QED) is 0.365. The van der Waals surface area contributed by atoms with Gasteiger partial charge in [0.1, 0.15) is 5.82 Å². The smallest absolute Gasteiger partial charge is 0.334 e. The Morgan fingerprint density at radius 1 is 0.957 bits per heavy atom. The molecule has 6 rings (SSSR count). The van der Waals surface area contributed by atoms with Crippen molar-refractivity contribution < 1.29 is 24.6 Å². The predicted molar refractivity (Wildman–Crippen MR) is 173 cm³/mol. The average molecular weight is 672 g/mol. The maximum atomic E-state index is 14.7. The predicted octanol–water partition coefficient (Wildman–Crippen LogP) is 3.74. The van der Waals surface area contributed by atoms with Crippen LogP contribution in [0.5, 0.6) is 0 Å². The highest BCUT2D eigenvalue weighted by Crippen LogP contribution is 2.45. The Labute approximate surface area is 278 Å². The number of dihydropyridines is 1. The van der Waals surface area contributed by atoms with Crippen LogP contribution in [0.3, 0.4) is 0 Å². The number of hydrogen-bond donors (Lipinski definition) is 3. The van der Waals surface area contributed by atoms with Crippen molar-refractivity contribution >= 4 is 41.0 Å². The van der Waals surface area contributed by atoms with E-state index in [1.807, 2.05) is 11.6 Å². The highest BCUT2D eigenvalue weighted by atomic mass is 35.5. The SMILES string of the molecule is CN1C2CCC1CC(N1CCN(C(=O)C(c3c(Cl)cccc3Cl)C3C(C(=O)O)=CNC(CCc4nccn4C)=C3C(=O)O)CC1)C2. The lowest BCUT2D eigenvalue weighted by molar-refractivity contribution is -0.137. The van der Waals surface area contributed by atoms with Crippen molar-refractivity contribution in [2.24, 2.45) is 13.0 Å². The number of aryl methyl sites for hydroxylation is 2. The molecule has 0 aliphatic carbocycles. The van der Waals surface area contributed by atoms with E-state index in [0.717, 1.165) is 18.7 Å². The minimum atomic E-state index is -1.35. The molecule has 4 aliphatic rings. The minimum absolute atomic E-state index is 0.175. The third-order valence-corrected chi connectivity index (χ3v) is 11.2. The highest BCUT2D eigenvalue weighted by Gasteiger charge is 2.47. The summed E-state index contributed by atoms with van der Waals surface area (Å²) in [7, 11) is 4.07. The second-order valence-corrected chi connectivity index (χ2v) is 13.6. The topological polar surface area (TPSA) is 131 Å². The Morgan fingerprint density at radius 2 is 1.61 bits per heavy atom. The molecule has 2 bridgehead atoms. The molecule has 0 saturated carbocycles. The van der Waals surface area contributed by atoms with E-state index in [9.17, 15) is 24.6 Å². The molecule has 3 fully saturated rings. The van der Waals surface area contributed by atoms with E-state index < -0.39 is 23.8 Å². The Morgan fingerprint density at radius 3 is 2.17 bits per heavy atom. The largest absolute Gasteiger partial charge is 0.478 e. The molecule has 1 amide bonds. The highest BCUT2D eigenvalue weighted by molar-refractivity contribution is 6.36. The second-order valence-electron chi connectivity index (χ2n) is 12.8. The summed E-state index contributed by atoms with van der Waals surface area (Å²) in [6, 6.07) is 6.49. The molecule has 4 atom stereocenters. The number of nitrogens with one attached hydrogen (secondary N) is 1. The minimum Gasteiger partial charge on any atom is -0.478 e. The summed E-state index contributed by atoms with van der Waals surface area (Å²) in [5.74, 6) is -4.92. The molecular weight excluding hydrogens is 631 g/mol. The molecule has 246 valence electrons. The number of carboxylic acids is 2. The van der Waals surface area contributed by atoms with E-state index in [1.165, 1.54) is 19.0 Å². The van der Waals surface area contributed by atoms with E-state index in [-0.39, 0.29) is 39.1 Å². The van der Waals surface area contributed by atoms with Crippen LogP contribution in [0.2, 0.25) is 10.0 Å². The number of imidazole rings is 1. The molecule has 3 N–H and O–H groups in total. The second kappa shape index (κ2) is 13.4. The van der Waals surface area contributed by atoms with Crippen LogP contribution in [0.15, 0.2) is 53.6 Å². The summed E-state index contributed by atoms with van der Waals surface area (Å²) in [4.78, 5) is 51.5. The molecule has 2 aromatic rings. The van der Waals surface area contributed by atoms with Crippen molar-refractivity contribution in [3.05, 3.63) is 75.1 Å². The van der Waals surface area contributed by atoms with Crippen molar-refractivity contribution in [3.63, 3.8) is 0 Å². The number of nitrogens with zero attached hydrogens (tertiary/aromatic N) is 5. The van der Waals surface area contributed by atoms with Crippen LogP contribution < -0.4 is 5.32 Å².